The van der Waals surface area contributed by atoms with E-state index in [1.165, 1.54) is 12.3 Å². The summed E-state index contributed by atoms with van der Waals surface area (Å²) in [5, 5.41) is -0.104. The Morgan fingerprint density at radius 1 is 1.33 bits per heavy atom. The summed E-state index contributed by atoms with van der Waals surface area (Å²) in [5.41, 5.74) is 0. The second-order valence-corrected chi connectivity index (χ2v) is 5.18. The molecular formula is C9H6ClFN4O2S. The lowest BCUT2D eigenvalue weighted by molar-refractivity contribution is 0.592. The van der Waals surface area contributed by atoms with E-state index < -0.39 is 15.8 Å². The number of hydrogen-bond donors (Lipinski definition) is 1. The number of nitrogens with one attached hydrogen (secondary N) is 1. The molecule has 1 N–H and O–H groups in total. The maximum atomic E-state index is 12.9. The van der Waals surface area contributed by atoms with Crippen LogP contribution < -0.4 is 4.72 Å². The lowest BCUT2D eigenvalue weighted by atomic mass is 10.5. The summed E-state index contributed by atoms with van der Waals surface area (Å²) in [6.07, 6.45) is 3.21. The molecule has 6 nitrogen and oxygen atoms in total. The van der Waals surface area contributed by atoms with Crippen LogP contribution in [-0.4, -0.2) is 23.4 Å². The number of sulfonamides is 1. The Kier molecular flexibility index (Phi) is 3.39. The van der Waals surface area contributed by atoms with Gasteiger partial charge in [-0.2, -0.15) is 4.98 Å². The van der Waals surface area contributed by atoms with Crippen molar-refractivity contribution in [3.8, 4) is 0 Å². The molecule has 0 spiro atoms. The van der Waals surface area contributed by atoms with Crippen LogP contribution in [0, 0.1) is 5.82 Å². The second kappa shape index (κ2) is 4.83. The molecule has 0 radical (unpaired) electrons. The third-order valence-electron chi connectivity index (χ3n) is 1.86. The highest BCUT2D eigenvalue weighted by molar-refractivity contribution is 7.92. The Labute approximate surface area is 107 Å². The third kappa shape index (κ3) is 2.90. The predicted octanol–water partition coefficient (Wildman–Crippen LogP) is 1.46. The van der Waals surface area contributed by atoms with Crippen LogP contribution in [0.3, 0.4) is 0 Å². The molecule has 0 aliphatic rings. The van der Waals surface area contributed by atoms with Gasteiger partial charge in [0.25, 0.3) is 10.0 Å². The van der Waals surface area contributed by atoms with E-state index in [2.05, 4.69) is 19.7 Å². The maximum Gasteiger partial charge on any atom is 0.264 e. The van der Waals surface area contributed by atoms with Crippen LogP contribution in [0.15, 0.2) is 35.6 Å². The number of aromatic nitrogens is 3. The number of nitrogens with zero attached hydrogens (tertiary/aromatic N) is 3. The molecule has 0 bridgehead atoms. The number of anilines is 1. The van der Waals surface area contributed by atoms with Gasteiger partial charge in [-0.3, -0.25) is 9.71 Å². The molecule has 0 aliphatic carbocycles. The lowest BCUT2D eigenvalue weighted by Crippen LogP contribution is -2.14. The highest BCUT2D eigenvalue weighted by atomic mass is 35.5. The minimum Gasteiger partial charge on any atom is -0.263 e. The Morgan fingerprint density at radius 2 is 2.11 bits per heavy atom. The summed E-state index contributed by atoms with van der Waals surface area (Å²) in [6.45, 7) is 0. The van der Waals surface area contributed by atoms with Gasteiger partial charge in [0, 0.05) is 12.4 Å². The van der Waals surface area contributed by atoms with Crippen LogP contribution in [0.4, 0.5) is 10.2 Å². The zero-order valence-electron chi connectivity index (χ0n) is 8.71. The second-order valence-electron chi connectivity index (χ2n) is 3.16. The highest BCUT2D eigenvalue weighted by Gasteiger charge is 2.16. The maximum absolute atomic E-state index is 12.9. The predicted molar refractivity (Wildman–Crippen MR) is 62.0 cm³/mol. The minimum atomic E-state index is -3.95. The molecule has 18 heavy (non-hydrogen) atoms. The summed E-state index contributed by atoms with van der Waals surface area (Å²) in [6, 6.07) is 2.16. The van der Waals surface area contributed by atoms with Gasteiger partial charge in [0.15, 0.2) is 0 Å². The first-order chi connectivity index (χ1) is 8.47. The Bertz CT molecular complexity index is 680. The number of rotatable bonds is 3. The van der Waals surface area contributed by atoms with E-state index in [9.17, 15) is 12.8 Å². The van der Waals surface area contributed by atoms with Crippen molar-refractivity contribution in [2.24, 2.45) is 0 Å². The molecule has 0 aromatic carbocycles. The molecule has 0 aliphatic heterocycles. The Hall–Kier alpha value is -1.80. The average molecular weight is 289 g/mol. The van der Waals surface area contributed by atoms with E-state index in [4.69, 9.17) is 11.6 Å². The first-order valence-electron chi connectivity index (χ1n) is 4.59. The van der Waals surface area contributed by atoms with Crippen LogP contribution in [0.5, 0.6) is 0 Å². The van der Waals surface area contributed by atoms with Gasteiger partial charge in [-0.25, -0.2) is 17.8 Å². The van der Waals surface area contributed by atoms with Gasteiger partial charge >= 0.3 is 0 Å². The van der Waals surface area contributed by atoms with Gasteiger partial charge in [-0.1, -0.05) is 0 Å². The number of pyridine rings is 1. The Morgan fingerprint density at radius 3 is 2.78 bits per heavy atom. The fourth-order valence-electron chi connectivity index (χ4n) is 1.13. The highest BCUT2D eigenvalue weighted by Crippen LogP contribution is 2.14. The van der Waals surface area contributed by atoms with Gasteiger partial charge in [0.2, 0.25) is 5.28 Å². The molecule has 2 heterocycles. The molecule has 0 fully saturated rings. The van der Waals surface area contributed by atoms with Crippen LogP contribution in [0.2, 0.25) is 5.28 Å². The fraction of sp³-hybridized carbons (Fsp3) is 0. The molecule has 9 heteroatoms. The van der Waals surface area contributed by atoms with Gasteiger partial charge in [0.1, 0.15) is 16.5 Å². The molecule has 94 valence electrons. The number of hydrogen-bond acceptors (Lipinski definition) is 5. The van der Waals surface area contributed by atoms with Crippen LogP contribution in [0.1, 0.15) is 0 Å². The quantitative estimate of drug-likeness (QED) is 0.864. The van der Waals surface area contributed by atoms with Crippen molar-refractivity contribution >= 4 is 27.4 Å². The van der Waals surface area contributed by atoms with Crippen molar-refractivity contribution in [1.82, 2.24) is 15.0 Å². The summed E-state index contributed by atoms with van der Waals surface area (Å²) >= 11 is 5.52. The smallest absolute Gasteiger partial charge is 0.263 e. The fourth-order valence-corrected chi connectivity index (χ4v) is 2.25. The largest absolute Gasteiger partial charge is 0.264 e. The standard InChI is InChI=1S/C9H6ClFN4O2S/c10-9-13-2-1-8(14-9)15-18(16,17)7-3-6(11)4-12-5-7/h1-5H,(H,13,14,15). The first-order valence-corrected chi connectivity index (χ1v) is 6.45. The molecule has 2 aromatic heterocycles. The molecular weight excluding hydrogens is 283 g/mol. The minimum absolute atomic E-state index is 0.0146. The van der Waals surface area contributed by atoms with Crippen molar-refractivity contribution in [1.29, 1.82) is 0 Å². The van der Waals surface area contributed by atoms with E-state index in [-0.39, 0.29) is 16.0 Å². The number of halogens is 2. The molecule has 2 rings (SSSR count). The first kappa shape index (κ1) is 12.7. The molecule has 0 amide bonds. The van der Waals surface area contributed by atoms with Crippen molar-refractivity contribution in [2.45, 2.75) is 4.90 Å². The molecule has 0 saturated heterocycles. The molecule has 0 unspecified atom stereocenters. The molecule has 0 saturated carbocycles. The van der Waals surface area contributed by atoms with E-state index in [1.54, 1.807) is 0 Å². The van der Waals surface area contributed by atoms with Gasteiger partial charge in [-0.15, -0.1) is 0 Å². The van der Waals surface area contributed by atoms with Crippen molar-refractivity contribution in [3.63, 3.8) is 0 Å². The zero-order chi connectivity index (χ0) is 13.2. The van der Waals surface area contributed by atoms with Crippen LogP contribution in [0.25, 0.3) is 0 Å². The zero-order valence-corrected chi connectivity index (χ0v) is 10.3. The van der Waals surface area contributed by atoms with Gasteiger partial charge in [0.05, 0.1) is 6.20 Å². The van der Waals surface area contributed by atoms with Crippen molar-refractivity contribution in [2.75, 3.05) is 4.72 Å². The monoisotopic (exact) mass is 288 g/mol. The topological polar surface area (TPSA) is 84.8 Å². The summed E-state index contributed by atoms with van der Waals surface area (Å²) in [5.74, 6) is -0.766. The lowest BCUT2D eigenvalue weighted by Gasteiger charge is -2.06. The summed E-state index contributed by atoms with van der Waals surface area (Å²) in [7, 11) is -3.95. The third-order valence-corrected chi connectivity index (χ3v) is 3.36. The summed E-state index contributed by atoms with van der Waals surface area (Å²) in [4.78, 5) is 10.4. The van der Waals surface area contributed by atoms with E-state index in [0.717, 1.165) is 18.5 Å². The van der Waals surface area contributed by atoms with Crippen molar-refractivity contribution < 1.29 is 12.8 Å². The van der Waals surface area contributed by atoms with E-state index in [1.807, 2.05) is 0 Å². The van der Waals surface area contributed by atoms with E-state index in [0.29, 0.717) is 0 Å². The Balaban J connectivity index is 2.33. The average Bonchev–Trinajstić information content (AvgIpc) is 2.28. The van der Waals surface area contributed by atoms with Crippen LogP contribution in [-0.2, 0) is 10.0 Å². The van der Waals surface area contributed by atoms with Crippen molar-refractivity contribution in [3.05, 3.63) is 41.8 Å². The van der Waals surface area contributed by atoms with Crippen LogP contribution >= 0.6 is 11.6 Å². The molecule has 2 aromatic rings. The van der Waals surface area contributed by atoms with Gasteiger partial charge < -0.3 is 0 Å². The molecule has 0 atom stereocenters. The normalized spacial score (nSPS) is 11.2. The van der Waals surface area contributed by atoms with E-state index >= 15 is 0 Å². The SMILES string of the molecule is O=S(=O)(Nc1ccnc(Cl)n1)c1cncc(F)c1. The van der Waals surface area contributed by atoms with Gasteiger partial charge in [-0.05, 0) is 23.7 Å². The summed E-state index contributed by atoms with van der Waals surface area (Å²) < 4.78 is 38.7.